The van der Waals surface area contributed by atoms with Crippen LogP contribution in [-0.4, -0.2) is 17.5 Å². The van der Waals surface area contributed by atoms with Crippen LogP contribution < -0.4 is 15.8 Å². The molecule has 0 radical (unpaired) electrons. The smallest absolute Gasteiger partial charge is 0.387 e. The molecule has 5 nitrogen and oxygen atoms in total. The monoisotopic (exact) mass is 293 g/mol. The van der Waals surface area contributed by atoms with Crippen molar-refractivity contribution in [2.75, 3.05) is 5.32 Å². The lowest BCUT2D eigenvalue weighted by Gasteiger charge is -2.10. The van der Waals surface area contributed by atoms with Gasteiger partial charge in [0.05, 0.1) is 5.56 Å². The average Bonchev–Trinajstić information content (AvgIpc) is 2.48. The highest BCUT2D eigenvalue weighted by atomic mass is 19.3. The first-order valence-electron chi connectivity index (χ1n) is 6.10. The molecule has 110 valence electrons. The summed E-state index contributed by atoms with van der Waals surface area (Å²) in [4.78, 5) is 16.1. The molecule has 21 heavy (non-hydrogen) atoms. The Balaban J connectivity index is 2.16. The van der Waals surface area contributed by atoms with E-state index in [2.05, 4.69) is 15.0 Å². The van der Waals surface area contributed by atoms with Crippen LogP contribution >= 0.6 is 0 Å². The largest absolute Gasteiger partial charge is 0.434 e. The summed E-state index contributed by atoms with van der Waals surface area (Å²) in [7, 11) is 0. The Morgan fingerprint density at radius 3 is 2.67 bits per heavy atom. The second-order valence-corrected chi connectivity index (χ2v) is 4.08. The SMILES string of the molecule is NCc1ccc(NC(=O)c2ccccc2OC(F)F)nc1. The first-order valence-corrected chi connectivity index (χ1v) is 6.10. The summed E-state index contributed by atoms with van der Waals surface area (Å²) in [5.41, 5.74) is 6.26. The van der Waals surface area contributed by atoms with Gasteiger partial charge in [0.2, 0.25) is 0 Å². The average molecular weight is 293 g/mol. The third kappa shape index (κ3) is 3.96. The fourth-order valence-electron chi connectivity index (χ4n) is 1.66. The number of hydrogen-bond acceptors (Lipinski definition) is 4. The minimum Gasteiger partial charge on any atom is -0.434 e. The van der Waals surface area contributed by atoms with Gasteiger partial charge in [-0.15, -0.1) is 0 Å². The maximum absolute atomic E-state index is 12.3. The molecule has 0 aliphatic heterocycles. The van der Waals surface area contributed by atoms with E-state index >= 15 is 0 Å². The Morgan fingerprint density at radius 2 is 2.05 bits per heavy atom. The van der Waals surface area contributed by atoms with Gasteiger partial charge >= 0.3 is 6.61 Å². The van der Waals surface area contributed by atoms with E-state index in [4.69, 9.17) is 5.73 Å². The zero-order valence-electron chi connectivity index (χ0n) is 10.9. The van der Waals surface area contributed by atoms with E-state index in [1.807, 2.05) is 0 Å². The molecule has 0 fully saturated rings. The second kappa shape index (κ2) is 6.76. The third-order valence-electron chi connectivity index (χ3n) is 2.65. The van der Waals surface area contributed by atoms with E-state index in [1.54, 1.807) is 18.2 Å². The summed E-state index contributed by atoms with van der Waals surface area (Å²) in [5, 5.41) is 2.51. The van der Waals surface area contributed by atoms with Gasteiger partial charge in [-0.1, -0.05) is 18.2 Å². The number of hydrogen-bond donors (Lipinski definition) is 2. The number of ether oxygens (including phenoxy) is 1. The van der Waals surface area contributed by atoms with Crippen LogP contribution in [0.4, 0.5) is 14.6 Å². The maximum atomic E-state index is 12.3. The number of benzene rings is 1. The van der Waals surface area contributed by atoms with E-state index < -0.39 is 12.5 Å². The highest BCUT2D eigenvalue weighted by Crippen LogP contribution is 2.21. The molecule has 0 unspecified atom stereocenters. The molecule has 0 aliphatic rings. The van der Waals surface area contributed by atoms with Gasteiger partial charge in [-0.25, -0.2) is 4.98 Å². The number of carbonyl (C=O) groups excluding carboxylic acids is 1. The molecule has 0 atom stereocenters. The number of nitrogens with two attached hydrogens (primary N) is 1. The van der Waals surface area contributed by atoms with Gasteiger partial charge < -0.3 is 15.8 Å². The summed E-state index contributed by atoms with van der Waals surface area (Å²) in [6.45, 7) is -2.66. The first-order chi connectivity index (χ1) is 10.1. The summed E-state index contributed by atoms with van der Waals surface area (Å²) in [5.74, 6) is -0.480. The van der Waals surface area contributed by atoms with Crippen LogP contribution in [0.1, 0.15) is 15.9 Å². The number of carbonyl (C=O) groups is 1. The third-order valence-corrected chi connectivity index (χ3v) is 2.65. The summed E-state index contributed by atoms with van der Waals surface area (Å²) < 4.78 is 28.9. The number of rotatable bonds is 5. The van der Waals surface area contributed by atoms with Crippen LogP contribution in [-0.2, 0) is 6.54 Å². The van der Waals surface area contributed by atoms with Crippen molar-refractivity contribution in [2.24, 2.45) is 5.73 Å². The van der Waals surface area contributed by atoms with Gasteiger partial charge in [0.25, 0.3) is 5.91 Å². The van der Waals surface area contributed by atoms with Crippen LogP contribution in [0.2, 0.25) is 0 Å². The molecule has 3 N–H and O–H groups in total. The molecule has 0 saturated heterocycles. The highest BCUT2D eigenvalue weighted by Gasteiger charge is 2.15. The molecule has 0 saturated carbocycles. The van der Waals surface area contributed by atoms with E-state index in [0.717, 1.165) is 5.56 Å². The number of pyridine rings is 1. The highest BCUT2D eigenvalue weighted by molar-refractivity contribution is 6.05. The van der Waals surface area contributed by atoms with Crippen LogP contribution in [0.5, 0.6) is 5.75 Å². The summed E-state index contributed by atoms with van der Waals surface area (Å²) in [6.07, 6.45) is 1.52. The predicted molar refractivity (Wildman–Crippen MR) is 73.2 cm³/mol. The lowest BCUT2D eigenvalue weighted by atomic mass is 10.2. The van der Waals surface area contributed by atoms with E-state index in [1.165, 1.54) is 24.4 Å². The number of halogens is 2. The van der Waals surface area contributed by atoms with Crippen LogP contribution in [0.3, 0.4) is 0 Å². The van der Waals surface area contributed by atoms with Crippen LogP contribution in [0.25, 0.3) is 0 Å². The number of alkyl halides is 2. The fraction of sp³-hybridized carbons (Fsp3) is 0.143. The van der Waals surface area contributed by atoms with Gasteiger partial charge in [0.15, 0.2) is 0 Å². The van der Waals surface area contributed by atoms with Crippen molar-refractivity contribution >= 4 is 11.7 Å². The van der Waals surface area contributed by atoms with Crippen LogP contribution in [0, 0.1) is 0 Å². The predicted octanol–water partition coefficient (Wildman–Crippen LogP) is 2.39. The quantitative estimate of drug-likeness (QED) is 0.887. The number of para-hydroxylation sites is 1. The zero-order chi connectivity index (χ0) is 15.2. The van der Waals surface area contributed by atoms with Crippen molar-refractivity contribution < 1.29 is 18.3 Å². The molecule has 0 spiro atoms. The molecule has 0 bridgehead atoms. The Morgan fingerprint density at radius 1 is 1.29 bits per heavy atom. The normalized spacial score (nSPS) is 10.5. The van der Waals surface area contributed by atoms with Crippen molar-refractivity contribution in [3.05, 3.63) is 53.7 Å². The number of anilines is 1. The lowest BCUT2D eigenvalue weighted by Crippen LogP contribution is -2.15. The molecule has 1 aromatic heterocycles. The van der Waals surface area contributed by atoms with Gasteiger partial charge in [-0.3, -0.25) is 4.79 Å². The molecule has 1 aromatic carbocycles. The van der Waals surface area contributed by atoms with Crippen molar-refractivity contribution in [1.29, 1.82) is 0 Å². The molecular weight excluding hydrogens is 280 g/mol. The summed E-state index contributed by atoms with van der Waals surface area (Å²) >= 11 is 0. The number of aromatic nitrogens is 1. The van der Waals surface area contributed by atoms with Gasteiger partial charge in [0.1, 0.15) is 11.6 Å². The molecular formula is C14H13F2N3O2. The molecule has 7 heteroatoms. The number of nitrogens with one attached hydrogen (secondary N) is 1. The fourth-order valence-corrected chi connectivity index (χ4v) is 1.66. The molecule has 2 rings (SSSR count). The topological polar surface area (TPSA) is 77.2 Å². The standard InChI is InChI=1S/C14H13F2N3O2/c15-14(16)21-11-4-2-1-3-10(11)13(20)19-12-6-5-9(7-17)8-18-12/h1-6,8,14H,7,17H2,(H,18,19,20). The molecule has 1 heterocycles. The number of amides is 1. The molecule has 2 aromatic rings. The van der Waals surface area contributed by atoms with Gasteiger partial charge in [-0.05, 0) is 23.8 Å². The van der Waals surface area contributed by atoms with E-state index in [9.17, 15) is 13.6 Å². The zero-order valence-corrected chi connectivity index (χ0v) is 10.9. The Hall–Kier alpha value is -2.54. The summed E-state index contributed by atoms with van der Waals surface area (Å²) in [6, 6.07) is 9.04. The molecule has 0 aliphatic carbocycles. The second-order valence-electron chi connectivity index (χ2n) is 4.08. The van der Waals surface area contributed by atoms with Gasteiger partial charge in [-0.2, -0.15) is 8.78 Å². The Kier molecular flexibility index (Phi) is 4.78. The van der Waals surface area contributed by atoms with Crippen molar-refractivity contribution in [2.45, 2.75) is 13.2 Å². The van der Waals surface area contributed by atoms with E-state index in [-0.39, 0.29) is 11.3 Å². The van der Waals surface area contributed by atoms with Crippen molar-refractivity contribution in [3.8, 4) is 5.75 Å². The Bertz CT molecular complexity index is 618. The first kappa shape index (κ1) is 14.9. The molecule has 1 amide bonds. The van der Waals surface area contributed by atoms with Gasteiger partial charge in [0, 0.05) is 12.7 Å². The Labute approximate surface area is 119 Å². The van der Waals surface area contributed by atoms with E-state index in [0.29, 0.717) is 12.4 Å². The van der Waals surface area contributed by atoms with Crippen molar-refractivity contribution in [3.63, 3.8) is 0 Å². The lowest BCUT2D eigenvalue weighted by molar-refractivity contribution is -0.0501. The van der Waals surface area contributed by atoms with Crippen molar-refractivity contribution in [1.82, 2.24) is 4.98 Å². The minimum atomic E-state index is -3.00. The minimum absolute atomic E-state index is 0.00232. The number of nitrogens with zero attached hydrogens (tertiary/aromatic N) is 1. The maximum Gasteiger partial charge on any atom is 0.387 e. The van der Waals surface area contributed by atoms with Crippen LogP contribution in [0.15, 0.2) is 42.6 Å².